The number of nitrogens with zero attached hydrogens (tertiary/aromatic N) is 1. The smallest absolute Gasteiger partial charge is 0.178 e. The first-order chi connectivity index (χ1) is 8.58. The Morgan fingerprint density at radius 2 is 1.58 bits per heavy atom. The molecule has 0 bridgehead atoms. The molecule has 0 aliphatic carbocycles. The highest BCUT2D eigenvalue weighted by Crippen LogP contribution is 2.16. The molecule has 0 fully saturated rings. The fraction of sp³-hybridized carbons (Fsp3) is 0.154. The molecular weight excluding hydrogens is 350 g/mol. The molecule has 1 heterocycles. The van der Waals surface area contributed by atoms with E-state index in [2.05, 4.69) is 20.9 Å². The van der Waals surface area contributed by atoms with E-state index >= 15 is 0 Å². The lowest BCUT2D eigenvalue weighted by molar-refractivity contribution is 0.595. The molecule has 1 aromatic carbocycles. The van der Waals surface area contributed by atoms with Gasteiger partial charge in [0.25, 0.3) is 0 Å². The molecule has 102 valence electrons. The zero-order valence-electron chi connectivity index (χ0n) is 9.99. The maximum Gasteiger partial charge on any atom is 0.178 e. The van der Waals surface area contributed by atoms with Crippen LogP contribution in [-0.4, -0.2) is 19.2 Å². The summed E-state index contributed by atoms with van der Waals surface area (Å²) in [5, 5.41) is 0. The van der Waals surface area contributed by atoms with Gasteiger partial charge >= 0.3 is 0 Å². The fourth-order valence-electron chi connectivity index (χ4n) is 1.56. The predicted octanol–water partition coefficient (Wildman–Crippen LogP) is 3.28. The van der Waals surface area contributed by atoms with E-state index in [0.29, 0.717) is 11.3 Å². The van der Waals surface area contributed by atoms with Crippen molar-refractivity contribution in [1.29, 1.82) is 0 Å². The zero-order chi connectivity index (χ0) is 13.0. The maximum absolute atomic E-state index is 12.1. The van der Waals surface area contributed by atoms with E-state index in [-0.39, 0.29) is 18.2 Å². The largest absolute Gasteiger partial charge is 0.265 e. The molecule has 0 saturated carbocycles. The minimum atomic E-state index is -3.22. The Hall–Kier alpha value is -0.910. The van der Waals surface area contributed by atoms with Crippen LogP contribution in [0.5, 0.6) is 0 Å². The van der Waals surface area contributed by atoms with E-state index in [1.54, 1.807) is 36.7 Å². The van der Waals surface area contributed by atoms with E-state index in [4.69, 9.17) is 0 Å². The normalized spacial score (nSPS) is 10.8. The van der Waals surface area contributed by atoms with Gasteiger partial charge in [0.15, 0.2) is 9.84 Å². The maximum atomic E-state index is 12.1. The Kier molecular flexibility index (Phi) is 5.97. The van der Waals surface area contributed by atoms with E-state index in [9.17, 15) is 8.42 Å². The van der Waals surface area contributed by atoms with Crippen LogP contribution in [0.4, 0.5) is 0 Å². The molecule has 0 amide bonds. The van der Waals surface area contributed by atoms with Crippen molar-refractivity contribution >= 4 is 38.2 Å². The molecule has 0 aliphatic rings. The fourth-order valence-corrected chi connectivity index (χ4v) is 3.12. The molecule has 0 aliphatic heterocycles. The van der Waals surface area contributed by atoms with Crippen molar-refractivity contribution in [2.75, 3.05) is 5.75 Å². The molecule has 6 heteroatoms. The number of sulfone groups is 1. The van der Waals surface area contributed by atoms with Gasteiger partial charge in [-0.05, 0) is 48.4 Å². The summed E-state index contributed by atoms with van der Waals surface area (Å²) in [4.78, 5) is 4.26. The zero-order valence-corrected chi connectivity index (χ0v) is 13.2. The van der Waals surface area contributed by atoms with Crippen LogP contribution in [0.3, 0.4) is 0 Å². The molecule has 0 unspecified atom stereocenters. The molecule has 19 heavy (non-hydrogen) atoms. The Morgan fingerprint density at radius 3 is 2.16 bits per heavy atom. The Bertz CT molecular complexity index is 615. The van der Waals surface area contributed by atoms with Crippen molar-refractivity contribution in [3.05, 3.63) is 58.8 Å². The average Bonchev–Trinajstić information content (AvgIpc) is 2.38. The molecule has 0 spiro atoms. The third-order valence-corrected chi connectivity index (χ3v) is 4.84. The van der Waals surface area contributed by atoms with Crippen molar-refractivity contribution in [1.82, 2.24) is 4.98 Å². The number of aryl methyl sites for hydroxylation is 1. The standard InChI is InChI=1S/C13H12BrNO2S.ClH/c14-12-1-3-13(4-2-12)18(16,17)10-7-11-5-8-15-9-6-11;/h1-6,8-9H,7,10H2;1H. The summed E-state index contributed by atoms with van der Waals surface area (Å²) in [6, 6.07) is 10.4. The van der Waals surface area contributed by atoms with Gasteiger partial charge in [0.1, 0.15) is 0 Å². The Morgan fingerprint density at radius 1 is 1.00 bits per heavy atom. The second-order valence-electron chi connectivity index (χ2n) is 3.88. The summed E-state index contributed by atoms with van der Waals surface area (Å²) in [6.45, 7) is 0. The molecule has 3 nitrogen and oxygen atoms in total. The van der Waals surface area contributed by atoms with Gasteiger partial charge in [-0.15, -0.1) is 12.4 Å². The van der Waals surface area contributed by atoms with Gasteiger partial charge in [-0.3, -0.25) is 4.98 Å². The second kappa shape index (κ2) is 7.03. The molecule has 2 rings (SSSR count). The first kappa shape index (κ1) is 16.1. The summed E-state index contributed by atoms with van der Waals surface area (Å²) in [5.41, 5.74) is 0.977. The lowest BCUT2D eigenvalue weighted by Gasteiger charge is -2.04. The minimum absolute atomic E-state index is 0. The highest BCUT2D eigenvalue weighted by atomic mass is 79.9. The van der Waals surface area contributed by atoms with Crippen LogP contribution >= 0.6 is 28.3 Å². The summed E-state index contributed by atoms with van der Waals surface area (Å²) >= 11 is 3.29. The van der Waals surface area contributed by atoms with Gasteiger partial charge in [0.05, 0.1) is 10.6 Å². The van der Waals surface area contributed by atoms with Crippen molar-refractivity contribution in [2.45, 2.75) is 11.3 Å². The molecule has 0 atom stereocenters. The summed E-state index contributed by atoms with van der Waals surface area (Å²) in [7, 11) is -3.22. The number of rotatable bonds is 4. The number of benzene rings is 1. The van der Waals surface area contributed by atoms with Crippen LogP contribution in [0.15, 0.2) is 58.2 Å². The van der Waals surface area contributed by atoms with Gasteiger partial charge in [0.2, 0.25) is 0 Å². The van der Waals surface area contributed by atoms with Gasteiger partial charge < -0.3 is 0 Å². The molecule has 1 aromatic heterocycles. The highest BCUT2D eigenvalue weighted by Gasteiger charge is 2.13. The summed E-state index contributed by atoms with van der Waals surface area (Å²) in [6.07, 6.45) is 3.84. The average molecular weight is 363 g/mol. The highest BCUT2D eigenvalue weighted by molar-refractivity contribution is 9.10. The molecule has 0 radical (unpaired) electrons. The van der Waals surface area contributed by atoms with Crippen LogP contribution in [0.1, 0.15) is 5.56 Å². The third kappa shape index (κ3) is 4.60. The minimum Gasteiger partial charge on any atom is -0.265 e. The van der Waals surface area contributed by atoms with Gasteiger partial charge in [0, 0.05) is 16.9 Å². The number of halogens is 2. The van der Waals surface area contributed by atoms with E-state index < -0.39 is 9.84 Å². The third-order valence-electron chi connectivity index (χ3n) is 2.58. The number of pyridine rings is 1. The van der Waals surface area contributed by atoms with Crippen LogP contribution in [0, 0.1) is 0 Å². The van der Waals surface area contributed by atoms with Crippen LogP contribution in [-0.2, 0) is 16.3 Å². The summed E-state index contributed by atoms with van der Waals surface area (Å²) < 4.78 is 25.0. The quantitative estimate of drug-likeness (QED) is 0.838. The van der Waals surface area contributed by atoms with Gasteiger partial charge in [-0.1, -0.05) is 15.9 Å². The molecule has 0 N–H and O–H groups in total. The van der Waals surface area contributed by atoms with E-state index in [1.165, 1.54) is 0 Å². The van der Waals surface area contributed by atoms with Gasteiger partial charge in [-0.25, -0.2) is 8.42 Å². The number of aromatic nitrogens is 1. The lowest BCUT2D eigenvalue weighted by Crippen LogP contribution is -2.09. The van der Waals surface area contributed by atoms with E-state index in [0.717, 1.165) is 10.0 Å². The van der Waals surface area contributed by atoms with Crippen molar-refractivity contribution in [2.24, 2.45) is 0 Å². The van der Waals surface area contributed by atoms with Crippen LogP contribution in [0.25, 0.3) is 0 Å². The van der Waals surface area contributed by atoms with Crippen molar-refractivity contribution in [3.8, 4) is 0 Å². The van der Waals surface area contributed by atoms with Crippen molar-refractivity contribution < 1.29 is 8.42 Å². The molecule has 2 aromatic rings. The van der Waals surface area contributed by atoms with Crippen LogP contribution < -0.4 is 0 Å². The monoisotopic (exact) mass is 361 g/mol. The first-order valence-corrected chi connectivity index (χ1v) is 7.90. The van der Waals surface area contributed by atoms with Crippen LogP contribution in [0.2, 0.25) is 0 Å². The summed E-state index contributed by atoms with van der Waals surface area (Å²) in [5.74, 6) is 0.110. The number of hydrogen-bond acceptors (Lipinski definition) is 3. The lowest BCUT2D eigenvalue weighted by atomic mass is 10.2. The van der Waals surface area contributed by atoms with Gasteiger partial charge in [-0.2, -0.15) is 0 Å². The molecular formula is C13H13BrClNO2S. The van der Waals surface area contributed by atoms with Crippen molar-refractivity contribution in [3.63, 3.8) is 0 Å². The SMILES string of the molecule is Cl.O=S(=O)(CCc1ccncc1)c1ccc(Br)cc1. The predicted molar refractivity (Wildman–Crippen MR) is 81.4 cm³/mol. The molecule has 0 saturated heterocycles. The topological polar surface area (TPSA) is 47.0 Å². The Balaban J connectivity index is 0.00000180. The Labute approximate surface area is 127 Å². The second-order valence-corrected chi connectivity index (χ2v) is 6.90. The first-order valence-electron chi connectivity index (χ1n) is 5.45. The van der Waals surface area contributed by atoms with E-state index in [1.807, 2.05) is 12.1 Å². The number of hydrogen-bond donors (Lipinski definition) is 0.